The fraction of sp³-hybridized carbons (Fsp3) is 0.562. The van der Waals surface area contributed by atoms with Gasteiger partial charge in [0.15, 0.2) is 5.72 Å². The summed E-state index contributed by atoms with van der Waals surface area (Å²) in [5.41, 5.74) is 3.99. The van der Waals surface area contributed by atoms with Crippen LogP contribution in [0.3, 0.4) is 0 Å². The van der Waals surface area contributed by atoms with Gasteiger partial charge in [-0.15, -0.1) is 0 Å². The Labute approximate surface area is 550 Å². The third kappa shape index (κ3) is 21.3. The molecule has 2 aliphatic rings. The summed E-state index contributed by atoms with van der Waals surface area (Å²) >= 11 is 10.0. The van der Waals surface area contributed by atoms with Gasteiger partial charge in [0.05, 0.1) is 48.7 Å². The molecule has 2 aromatic carbocycles. The number of aliphatic hydroxyl groups excluding tert-OH is 1. The molecule has 8 amide bonds. The number of rotatable bonds is 26. The van der Waals surface area contributed by atoms with E-state index in [1.54, 1.807) is 65.0 Å². The Kier molecular flexibility index (Phi) is 29.3. The van der Waals surface area contributed by atoms with Gasteiger partial charge in [-0.2, -0.15) is 0 Å². The Hall–Kier alpha value is -7.43. The summed E-state index contributed by atoms with van der Waals surface area (Å²) < 4.78 is 28.6. The van der Waals surface area contributed by atoms with Crippen molar-refractivity contribution in [2.75, 3.05) is 57.5 Å². The molecule has 0 spiro atoms. The number of nitrogens with one attached hydrogen (secondary N) is 6. The zero-order valence-corrected chi connectivity index (χ0v) is 56.9. The molecule has 2 heterocycles. The van der Waals surface area contributed by atoms with Crippen LogP contribution in [-0.4, -0.2) is 182 Å². The number of esters is 2. The molecule has 92 heavy (non-hydrogen) atoms. The Morgan fingerprint density at radius 3 is 2.34 bits per heavy atom. The number of primary amides is 1. The van der Waals surface area contributed by atoms with Gasteiger partial charge < -0.3 is 75.5 Å². The number of anilines is 2. The highest BCUT2D eigenvalue weighted by molar-refractivity contribution is 9.09. The van der Waals surface area contributed by atoms with Crippen molar-refractivity contribution in [3.8, 4) is 5.75 Å². The predicted molar refractivity (Wildman–Crippen MR) is 348 cm³/mol. The lowest BCUT2D eigenvalue weighted by molar-refractivity contribution is -0.165. The fourth-order valence-corrected chi connectivity index (χ4v) is 11.1. The number of aliphatic hydroxyl groups is 2. The molecule has 11 atom stereocenters. The van der Waals surface area contributed by atoms with Gasteiger partial charge in [0.1, 0.15) is 53.1 Å². The number of fused-ring (bicyclic) bond motifs is 4. The molecular formula is C64H91BrClN9O17. The average Bonchev–Trinajstić information content (AvgIpc) is 0.875. The number of likely N-dealkylation sites (N-methyl/N-ethyl adjacent to an activating group) is 1. The van der Waals surface area contributed by atoms with Gasteiger partial charge in [0.25, 0.3) is 11.8 Å². The summed E-state index contributed by atoms with van der Waals surface area (Å²) in [4.78, 5) is 137. The van der Waals surface area contributed by atoms with Crippen LogP contribution >= 0.6 is 27.5 Å². The number of carbonyl (C=O) groups excluding carboxylic acids is 10. The SMILES string of the molecule is C=C(CBr)C(=O)OC(C)(C)CCCC(C=O)N[C@H](C(=O)N[C@@H](CCCNC(N)=O)C(=O)Nc1ccc(C(=O)N(C)[C@@H](C)C(=O)O[C@H]2CC(=O)N(C)c3cc(cc(OC)c3Cl)C/C(C)=C/C=C/[C@@H](OC)[C@@]3(O)C[C@H](OC(=O)N3)[C@@H](C)[C@H](O)[C@@H]2C)cc1C(=O)NC)C(C)C. The molecule has 1 saturated heterocycles. The monoisotopic (exact) mass is 1370 g/mol. The fourth-order valence-electron chi connectivity index (χ4n) is 10.5. The molecule has 508 valence electrons. The largest absolute Gasteiger partial charge is 0.495 e. The molecule has 0 radical (unpaired) electrons. The lowest BCUT2D eigenvalue weighted by Crippen LogP contribution is -2.64. The lowest BCUT2D eigenvalue weighted by Gasteiger charge is -2.43. The predicted octanol–water partition coefficient (Wildman–Crippen LogP) is 5.52. The number of amides is 8. The zero-order chi connectivity index (χ0) is 69.1. The Morgan fingerprint density at radius 2 is 1.73 bits per heavy atom. The standard InChI is InChI=1S/C64H91BrClN9O17/c1-34(2)53(70-42(33-76)19-16-24-63(8,9)92-59(83)36(4)32-65)57(81)72-45(20-17-25-69-61(67)85)56(80)71-44-23-22-41(29-43(44)55(79)68-10)58(82)74(11)39(7)60(84)90-47-30-51(77)75(12)46-27-40(28-48(88-13)52(46)66)26-35(3)18-15-21-50(89-14)64(87)31-49(91-62(86)73-64)38(6)54(78)37(47)5/h15,18,21-23,27-29,33-34,37-39,42,45,47,49-50,53-54,70,78,87H,4,16-17,19-20,24-26,30-32H2,1-3,5-14H3,(H,68,79)(H,71,80)(H,72,81)(H,73,86)(H3,67,69,85)/b21-15+,35-18+/t37-,38-,39+,42?,45+,47+,49+,50-,53+,54-,64+/m1/s1. The van der Waals surface area contributed by atoms with E-state index in [4.69, 9.17) is 41.0 Å². The maximum atomic E-state index is 14.5. The first kappa shape index (κ1) is 77.0. The smallest absolute Gasteiger partial charge is 0.409 e. The van der Waals surface area contributed by atoms with Crippen molar-refractivity contribution < 1.29 is 81.8 Å². The number of aldehydes is 1. The Morgan fingerprint density at radius 1 is 1.04 bits per heavy atom. The van der Waals surface area contributed by atoms with Gasteiger partial charge in [-0.05, 0) is 108 Å². The number of nitrogens with two attached hydrogens (primary N) is 1. The molecule has 0 saturated carbocycles. The van der Waals surface area contributed by atoms with Gasteiger partial charge in [-0.1, -0.05) is 85.6 Å². The van der Waals surface area contributed by atoms with E-state index in [0.717, 1.165) is 10.5 Å². The summed E-state index contributed by atoms with van der Waals surface area (Å²) in [7, 11) is 6.87. The second-order valence-corrected chi connectivity index (χ2v) is 25.2. The first-order valence-electron chi connectivity index (χ1n) is 30.2. The molecule has 0 aromatic heterocycles. The van der Waals surface area contributed by atoms with Crippen molar-refractivity contribution in [1.29, 1.82) is 0 Å². The lowest BCUT2D eigenvalue weighted by atomic mass is 9.81. The topological polar surface area (TPSA) is 362 Å². The van der Waals surface area contributed by atoms with Gasteiger partial charge >= 0.3 is 24.1 Å². The van der Waals surface area contributed by atoms with Crippen molar-refractivity contribution >= 4 is 98.8 Å². The third-order valence-electron chi connectivity index (χ3n) is 16.4. The zero-order valence-electron chi connectivity index (χ0n) is 54.6. The van der Waals surface area contributed by atoms with Crippen molar-refractivity contribution in [2.45, 2.75) is 167 Å². The number of hydrogen-bond donors (Lipinski definition) is 9. The van der Waals surface area contributed by atoms with Crippen LogP contribution in [0.4, 0.5) is 21.0 Å². The number of ether oxygens (including phenoxy) is 5. The minimum atomic E-state index is -2.01. The van der Waals surface area contributed by atoms with Gasteiger partial charge in [-0.25, -0.2) is 19.2 Å². The first-order valence-corrected chi connectivity index (χ1v) is 31.7. The van der Waals surface area contributed by atoms with Crippen LogP contribution < -0.4 is 47.3 Å². The van der Waals surface area contributed by atoms with Gasteiger partial charge in [0, 0.05) is 69.5 Å². The van der Waals surface area contributed by atoms with E-state index < -0.39 is 138 Å². The maximum absolute atomic E-state index is 14.5. The molecule has 1 fully saturated rings. The van der Waals surface area contributed by atoms with E-state index in [0.29, 0.717) is 31.1 Å². The quantitative estimate of drug-likeness (QED) is 0.0140. The van der Waals surface area contributed by atoms with E-state index in [2.05, 4.69) is 54.4 Å². The van der Waals surface area contributed by atoms with Crippen LogP contribution in [0.25, 0.3) is 0 Å². The van der Waals surface area contributed by atoms with Crippen LogP contribution in [0.1, 0.15) is 127 Å². The highest BCUT2D eigenvalue weighted by Gasteiger charge is 2.49. The van der Waals surface area contributed by atoms with E-state index in [1.807, 2.05) is 6.92 Å². The second-order valence-electron chi connectivity index (χ2n) is 24.2. The Bertz CT molecular complexity index is 3090. The molecule has 10 N–H and O–H groups in total. The molecule has 4 rings (SSSR count). The van der Waals surface area contributed by atoms with Crippen LogP contribution in [-0.2, 0) is 54.1 Å². The molecule has 2 aliphatic heterocycles. The number of nitrogens with zero attached hydrogens (tertiary/aromatic N) is 2. The average molecular weight is 1370 g/mol. The number of halogens is 2. The van der Waals surface area contributed by atoms with E-state index >= 15 is 0 Å². The third-order valence-corrected chi connectivity index (χ3v) is 17.4. The number of benzene rings is 2. The molecule has 28 heteroatoms. The van der Waals surface area contributed by atoms with Gasteiger partial charge in [-0.3, -0.25) is 34.6 Å². The van der Waals surface area contributed by atoms with Crippen molar-refractivity contribution in [2.24, 2.45) is 23.5 Å². The number of alkyl carbamates (subject to hydrolysis) is 1. The minimum Gasteiger partial charge on any atom is -0.495 e. The molecule has 1 unspecified atom stereocenters. The van der Waals surface area contributed by atoms with Gasteiger partial charge in [0.2, 0.25) is 17.7 Å². The van der Waals surface area contributed by atoms with Crippen LogP contribution in [0.15, 0.2) is 66.3 Å². The molecular weight excluding hydrogens is 1280 g/mol. The summed E-state index contributed by atoms with van der Waals surface area (Å²) in [6.07, 6.45) is 0.250. The van der Waals surface area contributed by atoms with Crippen molar-refractivity contribution in [1.82, 2.24) is 31.5 Å². The maximum Gasteiger partial charge on any atom is 0.409 e. The van der Waals surface area contributed by atoms with E-state index in [-0.39, 0.29) is 76.4 Å². The number of methoxy groups -OCH3 is 2. The number of hydrogen-bond acceptors (Lipinski definition) is 18. The molecule has 0 aliphatic carbocycles. The number of urea groups is 1. The highest BCUT2D eigenvalue weighted by atomic mass is 79.9. The first-order chi connectivity index (χ1) is 43.2. The van der Waals surface area contributed by atoms with E-state index in [9.17, 15) is 58.2 Å². The molecule has 26 nitrogen and oxygen atoms in total. The molecule has 2 aromatic rings. The second kappa shape index (κ2) is 35.0. The summed E-state index contributed by atoms with van der Waals surface area (Å²) in [5.74, 6) is -7.41. The molecule has 4 bridgehead atoms. The normalized spacial score (nSPS) is 22.7. The summed E-state index contributed by atoms with van der Waals surface area (Å²) in [5, 5.41) is 40.3. The van der Waals surface area contributed by atoms with Crippen LogP contribution in [0.2, 0.25) is 5.02 Å². The van der Waals surface area contributed by atoms with E-state index in [1.165, 1.54) is 72.3 Å². The minimum absolute atomic E-state index is 0.0236. The summed E-state index contributed by atoms with van der Waals surface area (Å²) in [6.45, 7) is 17.0. The number of alkyl halides is 1. The van der Waals surface area contributed by atoms with Crippen LogP contribution in [0, 0.1) is 17.8 Å². The number of allylic oxidation sites excluding steroid dienone is 3. The van der Waals surface area contributed by atoms with Crippen LogP contribution in [0.5, 0.6) is 5.75 Å². The Balaban J connectivity index is 1.64. The summed E-state index contributed by atoms with van der Waals surface area (Å²) in [6, 6.07) is 1.82. The highest BCUT2D eigenvalue weighted by Crippen LogP contribution is 2.38. The number of carbonyl (C=O) groups is 10. The van der Waals surface area contributed by atoms with Crippen molar-refractivity contribution in [3.63, 3.8) is 0 Å². The van der Waals surface area contributed by atoms with Crippen molar-refractivity contribution in [3.05, 3.63) is 88.0 Å².